The summed E-state index contributed by atoms with van der Waals surface area (Å²) < 4.78 is 11.1. The number of carbonyl (C=O) groups is 1. The number of aliphatic hydroxyl groups is 1. The normalized spacial score (nSPS) is 31.6. The van der Waals surface area contributed by atoms with Crippen molar-refractivity contribution in [2.75, 3.05) is 20.3 Å². The number of nitrogens with zero attached hydrogens (tertiary/aromatic N) is 1. The van der Waals surface area contributed by atoms with Gasteiger partial charge in [0.05, 0.1) is 12.6 Å². The number of ether oxygens (including phenoxy) is 2. The van der Waals surface area contributed by atoms with Gasteiger partial charge in [0.25, 0.3) is 0 Å². The van der Waals surface area contributed by atoms with Gasteiger partial charge in [0.1, 0.15) is 24.7 Å². The first-order chi connectivity index (χ1) is 10.7. The number of hydrogen-bond donors (Lipinski definition) is 1. The van der Waals surface area contributed by atoms with Crippen LogP contribution in [0.25, 0.3) is 0 Å². The number of esters is 1. The molecule has 0 spiro atoms. The molecule has 2 saturated heterocycles. The molecule has 2 aliphatic heterocycles. The molecule has 0 aromatic heterocycles. The lowest BCUT2D eigenvalue weighted by Gasteiger charge is -2.28. The van der Waals surface area contributed by atoms with Crippen LogP contribution in [0.5, 0.6) is 0 Å². The fourth-order valence-electron chi connectivity index (χ4n) is 3.47. The molecule has 2 unspecified atom stereocenters. The summed E-state index contributed by atoms with van der Waals surface area (Å²) >= 11 is 0. The number of aliphatic hydroxyl groups excluding tert-OH is 1. The molecule has 0 radical (unpaired) electrons. The van der Waals surface area contributed by atoms with Crippen LogP contribution in [0.2, 0.25) is 0 Å². The Bertz CT molecular complexity index is 521. The molecule has 1 aromatic carbocycles. The van der Waals surface area contributed by atoms with Gasteiger partial charge in [0.15, 0.2) is 0 Å². The number of benzene rings is 1. The molecule has 2 fully saturated rings. The summed E-state index contributed by atoms with van der Waals surface area (Å²) in [5, 5.41) is 9.50. The summed E-state index contributed by atoms with van der Waals surface area (Å²) in [5.41, 5.74) is 0.779. The van der Waals surface area contributed by atoms with Crippen LogP contribution in [0.3, 0.4) is 0 Å². The van der Waals surface area contributed by atoms with Crippen LogP contribution in [0.15, 0.2) is 30.3 Å². The zero-order chi connectivity index (χ0) is 15.7. The average molecular weight is 305 g/mol. The molecule has 2 heterocycles. The molecule has 22 heavy (non-hydrogen) atoms. The first-order valence-corrected chi connectivity index (χ1v) is 7.87. The van der Waals surface area contributed by atoms with Crippen LogP contribution in [0.1, 0.15) is 24.8 Å². The Morgan fingerprint density at radius 1 is 1.32 bits per heavy atom. The van der Waals surface area contributed by atoms with Crippen LogP contribution < -0.4 is 0 Å². The molecule has 1 N–H and O–H groups in total. The van der Waals surface area contributed by atoms with E-state index < -0.39 is 5.92 Å². The number of fused-ring (bicyclic) bond motifs is 1. The molecule has 5 heteroatoms. The molecule has 3 rings (SSSR count). The van der Waals surface area contributed by atoms with Gasteiger partial charge >= 0.3 is 5.97 Å². The Morgan fingerprint density at radius 3 is 2.59 bits per heavy atom. The highest BCUT2D eigenvalue weighted by atomic mass is 16.6. The minimum atomic E-state index is -0.620. The number of rotatable bonds is 6. The summed E-state index contributed by atoms with van der Waals surface area (Å²) in [6.07, 6.45) is 1.51. The lowest BCUT2D eigenvalue weighted by Crippen LogP contribution is -2.41. The highest BCUT2D eigenvalue weighted by Gasteiger charge is 2.59. The predicted molar refractivity (Wildman–Crippen MR) is 81.5 cm³/mol. The van der Waals surface area contributed by atoms with Crippen molar-refractivity contribution in [2.24, 2.45) is 0 Å². The monoisotopic (exact) mass is 305 g/mol. The molecule has 2 aliphatic rings. The van der Waals surface area contributed by atoms with Crippen molar-refractivity contribution in [1.29, 1.82) is 0 Å². The van der Waals surface area contributed by atoms with Gasteiger partial charge in [-0.2, -0.15) is 0 Å². The van der Waals surface area contributed by atoms with Gasteiger partial charge in [0, 0.05) is 6.04 Å². The largest absolute Gasteiger partial charge is 0.463 e. The third kappa shape index (κ3) is 2.76. The van der Waals surface area contributed by atoms with E-state index in [-0.39, 0.29) is 24.7 Å². The summed E-state index contributed by atoms with van der Waals surface area (Å²) in [4.78, 5) is 14.5. The van der Waals surface area contributed by atoms with Gasteiger partial charge in [-0.25, -0.2) is 0 Å². The highest BCUT2D eigenvalue weighted by Crippen LogP contribution is 2.41. The van der Waals surface area contributed by atoms with Gasteiger partial charge in [-0.15, -0.1) is 0 Å². The Labute approximate surface area is 130 Å². The maximum atomic E-state index is 12.3. The zero-order valence-corrected chi connectivity index (χ0v) is 13.0. The summed E-state index contributed by atoms with van der Waals surface area (Å²) in [6.45, 7) is 2.21. The van der Waals surface area contributed by atoms with E-state index in [1.807, 2.05) is 30.3 Å². The van der Waals surface area contributed by atoms with Crippen molar-refractivity contribution >= 4 is 5.97 Å². The first-order valence-electron chi connectivity index (χ1n) is 7.87. The predicted octanol–water partition coefficient (Wildman–Crippen LogP) is 1.17. The van der Waals surface area contributed by atoms with Crippen molar-refractivity contribution in [3.8, 4) is 0 Å². The second-order valence-electron chi connectivity index (χ2n) is 6.05. The summed E-state index contributed by atoms with van der Waals surface area (Å²) in [6, 6.07) is 9.78. The number of likely N-dealkylation sites (N-methyl/N-ethyl adjacent to an activating group) is 1. The maximum absolute atomic E-state index is 12.3. The van der Waals surface area contributed by atoms with Crippen LogP contribution in [0.4, 0.5) is 0 Å². The second-order valence-corrected chi connectivity index (χ2v) is 6.05. The lowest BCUT2D eigenvalue weighted by molar-refractivity contribution is -0.148. The molecule has 0 amide bonds. The van der Waals surface area contributed by atoms with Crippen molar-refractivity contribution in [2.45, 2.75) is 43.6 Å². The van der Waals surface area contributed by atoms with E-state index >= 15 is 0 Å². The smallest absolute Gasteiger partial charge is 0.315 e. The Kier molecular flexibility index (Phi) is 4.47. The van der Waals surface area contributed by atoms with E-state index in [0.29, 0.717) is 18.8 Å². The number of hydrogen-bond acceptors (Lipinski definition) is 5. The Hall–Kier alpha value is -1.43. The van der Waals surface area contributed by atoms with Gasteiger partial charge in [-0.1, -0.05) is 37.3 Å². The number of likely N-dealkylation sites (tertiary alicyclic amines) is 1. The molecule has 1 aromatic rings. The summed E-state index contributed by atoms with van der Waals surface area (Å²) in [7, 11) is 2.06. The molecular formula is C17H23NO4. The van der Waals surface area contributed by atoms with Crippen LogP contribution in [0, 0.1) is 0 Å². The van der Waals surface area contributed by atoms with Crippen molar-refractivity contribution < 1.29 is 19.4 Å². The van der Waals surface area contributed by atoms with Gasteiger partial charge in [0.2, 0.25) is 0 Å². The molecule has 120 valence electrons. The van der Waals surface area contributed by atoms with E-state index in [0.717, 1.165) is 12.0 Å². The summed E-state index contributed by atoms with van der Waals surface area (Å²) in [5.74, 6) is -0.995. The number of carbonyl (C=O) groups excluding carboxylic acids is 1. The van der Waals surface area contributed by atoms with E-state index in [2.05, 4.69) is 18.9 Å². The van der Waals surface area contributed by atoms with Crippen LogP contribution >= 0.6 is 0 Å². The Morgan fingerprint density at radius 2 is 2.00 bits per heavy atom. The van der Waals surface area contributed by atoms with Crippen molar-refractivity contribution in [1.82, 2.24) is 4.90 Å². The SMILES string of the molecule is CCC1[C@H]2O[C@H]2C(COC(=O)[C@H](CO)c2ccccc2)N1C. The second kappa shape index (κ2) is 6.36. The van der Waals surface area contributed by atoms with Gasteiger partial charge < -0.3 is 14.6 Å². The third-order valence-corrected chi connectivity index (χ3v) is 4.85. The number of epoxide rings is 1. The molecule has 0 bridgehead atoms. The fourth-order valence-corrected chi connectivity index (χ4v) is 3.47. The van der Waals surface area contributed by atoms with E-state index in [1.165, 1.54) is 0 Å². The van der Waals surface area contributed by atoms with E-state index in [1.54, 1.807) is 0 Å². The molecule has 0 saturated carbocycles. The minimum Gasteiger partial charge on any atom is -0.463 e. The van der Waals surface area contributed by atoms with Gasteiger partial charge in [-0.05, 0) is 19.0 Å². The standard InChI is InChI=1S/C17H23NO4/c1-3-13-15-16(22-15)14(18(13)2)10-21-17(20)12(9-19)11-7-5-4-6-8-11/h4-8,12-16,19H,3,9-10H2,1-2H3/t12-,13?,14?,15-,16+/m1/s1. The van der Waals surface area contributed by atoms with Crippen molar-refractivity contribution in [3.63, 3.8) is 0 Å². The minimum absolute atomic E-state index is 0.119. The van der Waals surface area contributed by atoms with Crippen LogP contribution in [-0.2, 0) is 14.3 Å². The highest BCUT2D eigenvalue weighted by molar-refractivity contribution is 5.78. The average Bonchev–Trinajstić information content (AvgIpc) is 3.25. The van der Waals surface area contributed by atoms with Crippen LogP contribution in [-0.4, -0.2) is 60.5 Å². The third-order valence-electron chi connectivity index (χ3n) is 4.85. The quantitative estimate of drug-likeness (QED) is 0.631. The van der Waals surface area contributed by atoms with E-state index in [9.17, 15) is 9.90 Å². The zero-order valence-electron chi connectivity index (χ0n) is 13.0. The number of morpholine rings is 1. The maximum Gasteiger partial charge on any atom is 0.315 e. The molecular weight excluding hydrogens is 282 g/mol. The van der Waals surface area contributed by atoms with Crippen molar-refractivity contribution in [3.05, 3.63) is 35.9 Å². The first kappa shape index (κ1) is 15.5. The molecule has 5 atom stereocenters. The van der Waals surface area contributed by atoms with E-state index in [4.69, 9.17) is 9.47 Å². The molecule has 0 aliphatic carbocycles. The topological polar surface area (TPSA) is 62.3 Å². The fraction of sp³-hybridized carbons (Fsp3) is 0.588. The lowest BCUT2D eigenvalue weighted by atomic mass is 10.0. The Balaban J connectivity index is 1.58. The molecule has 5 nitrogen and oxygen atoms in total. The van der Waals surface area contributed by atoms with Gasteiger partial charge in [-0.3, -0.25) is 9.69 Å².